The van der Waals surface area contributed by atoms with Crippen molar-refractivity contribution >= 4 is 56.7 Å². The van der Waals surface area contributed by atoms with Crippen LogP contribution in [-0.4, -0.2) is 33.6 Å². The topological polar surface area (TPSA) is 49.7 Å². The summed E-state index contributed by atoms with van der Waals surface area (Å²) < 4.78 is 0. The number of hydrogen-bond acceptors (Lipinski definition) is 4. The summed E-state index contributed by atoms with van der Waals surface area (Å²) in [7, 11) is 0. The smallest absolute Gasteiger partial charge is 0.242 e. The van der Waals surface area contributed by atoms with Gasteiger partial charge in [0.1, 0.15) is 0 Å². The molecule has 3 aromatic rings. The monoisotopic (exact) mass is 434 g/mol. The number of thioether (sulfide) groups is 1. The zero-order valence-corrected chi connectivity index (χ0v) is 17.7. The molecule has 4 nitrogen and oxygen atoms in total. The van der Waals surface area contributed by atoms with Gasteiger partial charge in [-0.05, 0) is 35.7 Å². The maximum absolute atomic E-state index is 13.0. The van der Waals surface area contributed by atoms with E-state index in [0.29, 0.717) is 22.3 Å². The van der Waals surface area contributed by atoms with Gasteiger partial charge in [-0.25, -0.2) is 4.99 Å². The average molecular weight is 435 g/mol. The van der Waals surface area contributed by atoms with Gasteiger partial charge in [-0.15, -0.1) is 6.58 Å². The summed E-state index contributed by atoms with van der Waals surface area (Å²) in [4.78, 5) is 32.0. The number of carbonyl (C=O) groups excluding carboxylic acids is 2. The molecule has 30 heavy (non-hydrogen) atoms. The first kappa shape index (κ1) is 20.4. The fourth-order valence-corrected chi connectivity index (χ4v) is 4.64. The Hall–Kier alpha value is -2.89. The minimum Gasteiger partial charge on any atom is -0.294 e. The van der Waals surface area contributed by atoms with Crippen molar-refractivity contribution in [2.45, 2.75) is 11.7 Å². The van der Waals surface area contributed by atoms with E-state index in [-0.39, 0.29) is 18.1 Å². The normalized spacial score (nSPS) is 17.6. The molecule has 0 spiro atoms. The van der Waals surface area contributed by atoms with Crippen molar-refractivity contribution in [3.8, 4) is 0 Å². The van der Waals surface area contributed by atoms with Gasteiger partial charge in [0.2, 0.25) is 5.91 Å². The number of Topliss-reactive ketones (excluding diaryl/α,β-unsaturated/α-hetero) is 1. The molecule has 0 unspecified atom stereocenters. The molecule has 1 amide bonds. The van der Waals surface area contributed by atoms with Gasteiger partial charge in [-0.3, -0.25) is 14.5 Å². The Morgan fingerprint density at radius 3 is 2.60 bits per heavy atom. The summed E-state index contributed by atoms with van der Waals surface area (Å²) in [5.41, 5.74) is 1.34. The van der Waals surface area contributed by atoms with Crippen LogP contribution in [-0.2, 0) is 4.79 Å². The zero-order valence-electron chi connectivity index (χ0n) is 16.1. The molecule has 150 valence electrons. The first-order valence-corrected chi connectivity index (χ1v) is 10.8. The molecule has 0 radical (unpaired) electrons. The lowest BCUT2D eigenvalue weighted by atomic mass is 10.1. The second-order valence-electron chi connectivity index (χ2n) is 6.87. The third-order valence-electron chi connectivity index (χ3n) is 4.85. The van der Waals surface area contributed by atoms with Crippen LogP contribution in [0.5, 0.6) is 0 Å². The Balaban J connectivity index is 1.62. The van der Waals surface area contributed by atoms with E-state index >= 15 is 0 Å². The zero-order chi connectivity index (χ0) is 21.1. The van der Waals surface area contributed by atoms with Crippen LogP contribution in [0, 0.1) is 0 Å². The quantitative estimate of drug-likeness (QED) is 0.359. The molecule has 1 fully saturated rings. The second-order valence-corrected chi connectivity index (χ2v) is 8.48. The van der Waals surface area contributed by atoms with E-state index in [2.05, 4.69) is 6.58 Å². The van der Waals surface area contributed by atoms with Crippen LogP contribution >= 0.6 is 23.4 Å². The number of hydrogen-bond donors (Lipinski definition) is 0. The van der Waals surface area contributed by atoms with Crippen molar-refractivity contribution in [1.82, 2.24) is 4.90 Å². The minimum atomic E-state index is -0.512. The molecule has 0 aliphatic carbocycles. The standard InChI is InChI=1S/C24H19ClN2O2S/c1-2-14-27-23(29)22(15-21(28)17-10-12-18(25)13-11-17)30-24(27)26-20-9-5-7-16-6-3-4-8-19(16)20/h2-13,22H,1,14-15H2/t22-/m0/s1. The third-order valence-corrected chi connectivity index (χ3v) is 6.28. The van der Waals surface area contributed by atoms with Gasteiger partial charge in [0, 0.05) is 28.9 Å². The molecule has 1 atom stereocenters. The number of aliphatic imine (C=N–C) groups is 1. The second kappa shape index (κ2) is 8.86. The van der Waals surface area contributed by atoms with E-state index < -0.39 is 5.25 Å². The third kappa shape index (κ3) is 4.18. The van der Waals surface area contributed by atoms with E-state index in [1.54, 1.807) is 35.2 Å². The lowest BCUT2D eigenvalue weighted by molar-refractivity contribution is -0.125. The number of carbonyl (C=O) groups is 2. The van der Waals surface area contributed by atoms with Crippen LogP contribution in [0.2, 0.25) is 5.02 Å². The van der Waals surface area contributed by atoms with Gasteiger partial charge in [0.05, 0.1) is 10.9 Å². The van der Waals surface area contributed by atoms with Gasteiger partial charge < -0.3 is 0 Å². The van der Waals surface area contributed by atoms with Crippen molar-refractivity contribution in [3.05, 3.63) is 90.0 Å². The summed E-state index contributed by atoms with van der Waals surface area (Å²) >= 11 is 7.23. The highest BCUT2D eigenvalue weighted by molar-refractivity contribution is 8.15. The Bertz CT molecular complexity index is 1150. The molecule has 4 rings (SSSR count). The number of rotatable bonds is 6. The van der Waals surface area contributed by atoms with Crippen molar-refractivity contribution in [2.24, 2.45) is 4.99 Å². The van der Waals surface area contributed by atoms with Crippen LogP contribution in [0.25, 0.3) is 10.8 Å². The molecular weight excluding hydrogens is 416 g/mol. The highest BCUT2D eigenvalue weighted by atomic mass is 35.5. The SMILES string of the molecule is C=CCN1C(=O)[C@H](CC(=O)c2ccc(Cl)cc2)SC1=Nc1cccc2ccccc12. The van der Waals surface area contributed by atoms with Crippen LogP contribution < -0.4 is 0 Å². The Morgan fingerprint density at radius 2 is 1.83 bits per heavy atom. The molecule has 0 saturated carbocycles. The summed E-state index contributed by atoms with van der Waals surface area (Å²) in [5, 5.41) is 2.74. The fraction of sp³-hybridized carbons (Fsp3) is 0.125. The summed E-state index contributed by atoms with van der Waals surface area (Å²) in [6.07, 6.45) is 1.77. The summed E-state index contributed by atoms with van der Waals surface area (Å²) in [6, 6.07) is 20.6. The van der Waals surface area contributed by atoms with E-state index in [4.69, 9.17) is 16.6 Å². The fourth-order valence-electron chi connectivity index (χ4n) is 3.35. The first-order chi connectivity index (χ1) is 14.6. The molecule has 1 aliphatic rings. The number of benzene rings is 3. The highest BCUT2D eigenvalue weighted by Crippen LogP contribution is 2.34. The van der Waals surface area contributed by atoms with E-state index in [0.717, 1.165) is 16.5 Å². The van der Waals surface area contributed by atoms with Gasteiger partial charge in [-0.1, -0.05) is 65.8 Å². The first-order valence-electron chi connectivity index (χ1n) is 9.51. The van der Waals surface area contributed by atoms with Gasteiger partial charge in [0.15, 0.2) is 11.0 Å². The van der Waals surface area contributed by atoms with Gasteiger partial charge in [-0.2, -0.15) is 0 Å². The highest BCUT2D eigenvalue weighted by Gasteiger charge is 2.38. The molecule has 1 heterocycles. The Labute approximate surface area is 184 Å². The number of nitrogens with zero attached hydrogens (tertiary/aromatic N) is 2. The minimum absolute atomic E-state index is 0.0949. The lowest BCUT2D eigenvalue weighted by Crippen LogP contribution is -2.32. The van der Waals surface area contributed by atoms with Crippen molar-refractivity contribution in [1.29, 1.82) is 0 Å². The van der Waals surface area contributed by atoms with Crippen molar-refractivity contribution < 1.29 is 9.59 Å². The molecular formula is C24H19ClN2O2S. The summed E-state index contributed by atoms with van der Waals surface area (Å²) in [5.74, 6) is -0.219. The van der Waals surface area contributed by atoms with E-state index in [1.165, 1.54) is 11.8 Å². The van der Waals surface area contributed by atoms with E-state index in [1.807, 2.05) is 42.5 Å². The molecule has 1 aliphatic heterocycles. The molecule has 3 aromatic carbocycles. The molecule has 0 bridgehead atoms. The molecule has 0 aromatic heterocycles. The molecule has 0 N–H and O–H groups in total. The van der Waals surface area contributed by atoms with Gasteiger partial charge in [0.25, 0.3) is 0 Å². The molecule has 1 saturated heterocycles. The van der Waals surface area contributed by atoms with Gasteiger partial charge >= 0.3 is 0 Å². The van der Waals surface area contributed by atoms with Crippen LogP contribution in [0.1, 0.15) is 16.8 Å². The van der Waals surface area contributed by atoms with Crippen molar-refractivity contribution in [2.75, 3.05) is 6.54 Å². The number of halogens is 1. The predicted molar refractivity (Wildman–Crippen MR) is 125 cm³/mol. The number of fused-ring (bicyclic) bond motifs is 1. The largest absolute Gasteiger partial charge is 0.294 e. The number of amides is 1. The maximum Gasteiger partial charge on any atom is 0.242 e. The number of ketones is 1. The Kier molecular flexibility index (Phi) is 6.02. The predicted octanol–water partition coefficient (Wildman–Crippen LogP) is 5.88. The lowest BCUT2D eigenvalue weighted by Gasteiger charge is -2.14. The Morgan fingerprint density at radius 1 is 1.10 bits per heavy atom. The van der Waals surface area contributed by atoms with Crippen molar-refractivity contribution in [3.63, 3.8) is 0 Å². The molecule has 6 heteroatoms. The van der Waals surface area contributed by atoms with Crippen LogP contribution in [0.4, 0.5) is 5.69 Å². The van der Waals surface area contributed by atoms with Crippen LogP contribution in [0.3, 0.4) is 0 Å². The van der Waals surface area contributed by atoms with Crippen LogP contribution in [0.15, 0.2) is 84.4 Å². The average Bonchev–Trinajstić information content (AvgIpc) is 3.03. The summed E-state index contributed by atoms with van der Waals surface area (Å²) in [6.45, 7) is 4.10. The number of amidine groups is 1. The maximum atomic E-state index is 13.0. The van der Waals surface area contributed by atoms with E-state index in [9.17, 15) is 9.59 Å².